The Kier molecular flexibility index (Phi) is 3.39. The van der Waals surface area contributed by atoms with Crippen molar-refractivity contribution in [1.29, 1.82) is 0 Å². The molecule has 1 saturated heterocycles. The monoisotopic (exact) mass is 219 g/mol. The van der Waals surface area contributed by atoms with Gasteiger partial charge in [-0.3, -0.25) is 4.79 Å². The van der Waals surface area contributed by atoms with Crippen molar-refractivity contribution in [3.8, 4) is 0 Å². The molecular weight excluding hydrogens is 202 g/mol. The predicted molar refractivity (Wildman–Crippen MR) is 64.6 cm³/mol. The molecule has 1 aromatic rings. The molecule has 0 aromatic carbocycles. The van der Waals surface area contributed by atoms with E-state index < -0.39 is 0 Å². The minimum absolute atomic E-state index is 0.00132. The van der Waals surface area contributed by atoms with Crippen molar-refractivity contribution in [3.05, 3.63) is 18.3 Å². The van der Waals surface area contributed by atoms with Crippen LogP contribution >= 0.6 is 0 Å². The molecule has 0 spiro atoms. The summed E-state index contributed by atoms with van der Waals surface area (Å²) in [6, 6.07) is 3.88. The van der Waals surface area contributed by atoms with Crippen LogP contribution in [0.5, 0.6) is 0 Å². The van der Waals surface area contributed by atoms with E-state index in [0.717, 1.165) is 18.8 Å². The maximum absolute atomic E-state index is 11.2. The van der Waals surface area contributed by atoms with E-state index in [0.29, 0.717) is 12.2 Å². The third kappa shape index (κ3) is 2.51. The highest BCUT2D eigenvalue weighted by Gasteiger charge is 2.12. The molecule has 2 rings (SSSR count). The summed E-state index contributed by atoms with van der Waals surface area (Å²) in [7, 11) is 0. The Hall–Kier alpha value is -1.58. The molecule has 0 atom stereocenters. The number of aromatic nitrogens is 1. The van der Waals surface area contributed by atoms with E-state index in [4.69, 9.17) is 0 Å². The third-order valence-corrected chi connectivity index (χ3v) is 2.81. The molecule has 1 fully saturated rings. The van der Waals surface area contributed by atoms with Gasteiger partial charge in [0.1, 0.15) is 5.82 Å². The highest BCUT2D eigenvalue weighted by atomic mass is 16.1. The standard InChI is InChI=1S/C12H17N3O/c1-2-12(16)14-11-6-5-10(9-13-11)15-7-3-4-8-15/h5-6,9H,2-4,7-8H2,1H3,(H,13,14,16). The van der Waals surface area contributed by atoms with Gasteiger partial charge in [0.25, 0.3) is 0 Å². The van der Waals surface area contributed by atoms with Gasteiger partial charge in [-0.25, -0.2) is 4.98 Å². The van der Waals surface area contributed by atoms with Crippen molar-refractivity contribution in [2.24, 2.45) is 0 Å². The SMILES string of the molecule is CCC(=O)Nc1ccc(N2CCCC2)cn1. The van der Waals surface area contributed by atoms with Crippen molar-refractivity contribution >= 4 is 17.4 Å². The minimum Gasteiger partial charge on any atom is -0.370 e. The van der Waals surface area contributed by atoms with E-state index in [-0.39, 0.29) is 5.91 Å². The first-order chi connectivity index (χ1) is 7.79. The van der Waals surface area contributed by atoms with Crippen molar-refractivity contribution in [1.82, 2.24) is 4.98 Å². The molecule has 1 N–H and O–H groups in total. The zero-order chi connectivity index (χ0) is 11.4. The molecule has 4 nitrogen and oxygen atoms in total. The molecule has 86 valence electrons. The Balaban J connectivity index is 2.01. The van der Waals surface area contributed by atoms with Crippen LogP contribution in [-0.4, -0.2) is 24.0 Å². The van der Waals surface area contributed by atoms with Crippen LogP contribution in [-0.2, 0) is 4.79 Å². The third-order valence-electron chi connectivity index (χ3n) is 2.81. The number of carbonyl (C=O) groups excluding carboxylic acids is 1. The van der Waals surface area contributed by atoms with Gasteiger partial charge < -0.3 is 10.2 Å². The Bertz CT molecular complexity index is 355. The van der Waals surface area contributed by atoms with Crippen molar-refractivity contribution < 1.29 is 4.79 Å². The quantitative estimate of drug-likeness (QED) is 0.846. The summed E-state index contributed by atoms with van der Waals surface area (Å²) in [4.78, 5) is 17.7. The van der Waals surface area contributed by atoms with Crippen LogP contribution in [0, 0.1) is 0 Å². The Morgan fingerprint density at radius 2 is 2.19 bits per heavy atom. The number of carbonyl (C=O) groups is 1. The topological polar surface area (TPSA) is 45.2 Å². The second-order valence-corrected chi connectivity index (χ2v) is 4.00. The van der Waals surface area contributed by atoms with Gasteiger partial charge in [0, 0.05) is 19.5 Å². The zero-order valence-corrected chi connectivity index (χ0v) is 9.57. The number of rotatable bonds is 3. The lowest BCUT2D eigenvalue weighted by Gasteiger charge is -2.17. The molecule has 1 aromatic heterocycles. The van der Waals surface area contributed by atoms with Gasteiger partial charge in [-0.05, 0) is 25.0 Å². The molecule has 0 saturated carbocycles. The van der Waals surface area contributed by atoms with E-state index in [1.165, 1.54) is 12.8 Å². The van der Waals surface area contributed by atoms with E-state index in [2.05, 4.69) is 15.2 Å². The van der Waals surface area contributed by atoms with E-state index in [1.54, 1.807) is 0 Å². The summed E-state index contributed by atoms with van der Waals surface area (Å²) >= 11 is 0. The average molecular weight is 219 g/mol. The van der Waals surface area contributed by atoms with Crippen molar-refractivity contribution in [3.63, 3.8) is 0 Å². The summed E-state index contributed by atoms with van der Waals surface area (Å²) in [5.74, 6) is 0.635. The van der Waals surface area contributed by atoms with Crippen LogP contribution in [0.4, 0.5) is 11.5 Å². The van der Waals surface area contributed by atoms with Crippen LogP contribution < -0.4 is 10.2 Å². The minimum atomic E-state index is 0.00132. The summed E-state index contributed by atoms with van der Waals surface area (Å²) in [5, 5.41) is 2.74. The fraction of sp³-hybridized carbons (Fsp3) is 0.500. The molecule has 1 aliphatic heterocycles. The molecule has 1 aliphatic rings. The van der Waals surface area contributed by atoms with E-state index in [1.807, 2.05) is 25.3 Å². The average Bonchev–Trinajstić information content (AvgIpc) is 2.83. The van der Waals surface area contributed by atoms with Gasteiger partial charge in [0.05, 0.1) is 11.9 Å². The number of amides is 1. The molecule has 1 amide bonds. The lowest BCUT2D eigenvalue weighted by molar-refractivity contribution is -0.115. The Morgan fingerprint density at radius 1 is 1.44 bits per heavy atom. The smallest absolute Gasteiger partial charge is 0.225 e. The number of nitrogens with zero attached hydrogens (tertiary/aromatic N) is 2. The summed E-state index contributed by atoms with van der Waals surface area (Å²) in [5.41, 5.74) is 1.15. The highest BCUT2D eigenvalue weighted by molar-refractivity contribution is 5.89. The van der Waals surface area contributed by atoms with E-state index in [9.17, 15) is 4.79 Å². The van der Waals surface area contributed by atoms with Crippen molar-refractivity contribution in [2.75, 3.05) is 23.3 Å². The fourth-order valence-corrected chi connectivity index (χ4v) is 1.85. The first-order valence-corrected chi connectivity index (χ1v) is 5.80. The maximum Gasteiger partial charge on any atom is 0.225 e. The van der Waals surface area contributed by atoms with Gasteiger partial charge in [0.2, 0.25) is 5.91 Å². The van der Waals surface area contributed by atoms with E-state index >= 15 is 0 Å². The van der Waals surface area contributed by atoms with Gasteiger partial charge in [-0.15, -0.1) is 0 Å². The molecule has 0 unspecified atom stereocenters. The number of anilines is 2. The number of hydrogen-bond acceptors (Lipinski definition) is 3. The van der Waals surface area contributed by atoms with Crippen LogP contribution in [0.25, 0.3) is 0 Å². The number of hydrogen-bond donors (Lipinski definition) is 1. The highest BCUT2D eigenvalue weighted by Crippen LogP contribution is 2.20. The molecular formula is C12H17N3O. The lowest BCUT2D eigenvalue weighted by atomic mass is 10.3. The molecule has 0 aliphatic carbocycles. The zero-order valence-electron chi connectivity index (χ0n) is 9.57. The van der Waals surface area contributed by atoms with Crippen LogP contribution in [0.15, 0.2) is 18.3 Å². The van der Waals surface area contributed by atoms with Crippen LogP contribution in [0.1, 0.15) is 26.2 Å². The molecule has 0 bridgehead atoms. The normalized spacial score (nSPS) is 15.2. The van der Waals surface area contributed by atoms with Gasteiger partial charge in [0.15, 0.2) is 0 Å². The fourth-order valence-electron chi connectivity index (χ4n) is 1.85. The second kappa shape index (κ2) is 4.96. The van der Waals surface area contributed by atoms with Gasteiger partial charge >= 0.3 is 0 Å². The largest absolute Gasteiger partial charge is 0.370 e. The molecule has 4 heteroatoms. The lowest BCUT2D eigenvalue weighted by Crippen LogP contribution is -2.18. The van der Waals surface area contributed by atoms with Crippen LogP contribution in [0.2, 0.25) is 0 Å². The van der Waals surface area contributed by atoms with Gasteiger partial charge in [-0.2, -0.15) is 0 Å². The Morgan fingerprint density at radius 3 is 2.75 bits per heavy atom. The van der Waals surface area contributed by atoms with Gasteiger partial charge in [-0.1, -0.05) is 6.92 Å². The first-order valence-electron chi connectivity index (χ1n) is 5.80. The number of nitrogens with one attached hydrogen (secondary N) is 1. The number of pyridine rings is 1. The molecule has 2 heterocycles. The second-order valence-electron chi connectivity index (χ2n) is 4.00. The van der Waals surface area contributed by atoms with Crippen LogP contribution in [0.3, 0.4) is 0 Å². The first kappa shape index (κ1) is 10.9. The molecule has 0 radical (unpaired) electrons. The summed E-state index contributed by atoms with van der Waals surface area (Å²) < 4.78 is 0. The van der Waals surface area contributed by atoms with Crippen molar-refractivity contribution in [2.45, 2.75) is 26.2 Å². The maximum atomic E-state index is 11.2. The summed E-state index contributed by atoms with van der Waals surface area (Å²) in [6.45, 7) is 4.05. The summed E-state index contributed by atoms with van der Waals surface area (Å²) in [6.07, 6.45) is 4.83. The molecule has 16 heavy (non-hydrogen) atoms. The predicted octanol–water partition coefficient (Wildman–Crippen LogP) is 2.03. The Labute approximate surface area is 95.7 Å².